The third kappa shape index (κ3) is 3.94. The third-order valence-corrected chi connectivity index (χ3v) is 3.61. The van der Waals surface area contributed by atoms with E-state index in [-0.39, 0.29) is 17.9 Å². The molecule has 2 rings (SSSR count). The van der Waals surface area contributed by atoms with Crippen LogP contribution in [0.4, 0.5) is 4.79 Å². The summed E-state index contributed by atoms with van der Waals surface area (Å²) in [5.41, 5.74) is 0. The molecule has 4 N–H and O–H groups in total. The summed E-state index contributed by atoms with van der Waals surface area (Å²) in [5, 5.41) is 20.9. The Labute approximate surface area is 116 Å². The van der Waals surface area contributed by atoms with Gasteiger partial charge in [0, 0.05) is 19.5 Å². The molecule has 8 nitrogen and oxygen atoms in total. The molecule has 1 saturated carbocycles. The van der Waals surface area contributed by atoms with Crippen molar-refractivity contribution >= 4 is 12.0 Å². The van der Waals surface area contributed by atoms with Gasteiger partial charge in [0.15, 0.2) is 0 Å². The quantitative estimate of drug-likeness (QED) is 0.591. The van der Waals surface area contributed by atoms with Crippen LogP contribution in [0.25, 0.3) is 0 Å². The Morgan fingerprint density at radius 1 is 1.40 bits per heavy atom. The van der Waals surface area contributed by atoms with E-state index < -0.39 is 5.97 Å². The molecule has 2 unspecified atom stereocenters. The number of rotatable bonds is 6. The summed E-state index contributed by atoms with van der Waals surface area (Å²) in [4.78, 5) is 26.6. The molecule has 0 bridgehead atoms. The molecule has 1 fully saturated rings. The van der Waals surface area contributed by atoms with Crippen molar-refractivity contribution < 1.29 is 14.7 Å². The van der Waals surface area contributed by atoms with Gasteiger partial charge < -0.3 is 15.7 Å². The minimum absolute atomic E-state index is 0.0347. The van der Waals surface area contributed by atoms with Crippen molar-refractivity contribution in [2.75, 3.05) is 13.1 Å². The molecular weight excluding hydrogens is 262 g/mol. The maximum atomic E-state index is 11.6. The average molecular weight is 281 g/mol. The highest BCUT2D eigenvalue weighted by Gasteiger charge is 2.32. The fraction of sp³-hybridized carbons (Fsp3) is 0.667. The van der Waals surface area contributed by atoms with Gasteiger partial charge in [-0.1, -0.05) is 6.42 Å². The van der Waals surface area contributed by atoms with Crippen LogP contribution in [0.15, 0.2) is 6.33 Å². The highest BCUT2D eigenvalue weighted by Crippen LogP contribution is 2.31. The lowest BCUT2D eigenvalue weighted by Gasteiger charge is -2.16. The number of H-pyrrole nitrogens is 1. The first-order chi connectivity index (χ1) is 9.66. The molecule has 1 aromatic heterocycles. The Morgan fingerprint density at radius 2 is 2.25 bits per heavy atom. The monoisotopic (exact) mass is 281 g/mol. The third-order valence-electron chi connectivity index (χ3n) is 3.61. The molecule has 0 saturated heterocycles. The Hall–Kier alpha value is -2.12. The summed E-state index contributed by atoms with van der Waals surface area (Å²) in [7, 11) is 0. The van der Waals surface area contributed by atoms with Gasteiger partial charge >= 0.3 is 12.0 Å². The largest absolute Gasteiger partial charge is 0.481 e. The Balaban J connectivity index is 1.63. The number of carboxylic acid groups (broad SMARTS) is 1. The number of urea groups is 1. The van der Waals surface area contributed by atoms with Crippen LogP contribution >= 0.6 is 0 Å². The van der Waals surface area contributed by atoms with Crippen molar-refractivity contribution in [3.63, 3.8) is 0 Å². The van der Waals surface area contributed by atoms with E-state index in [1.807, 2.05) is 0 Å². The average Bonchev–Trinajstić information content (AvgIpc) is 3.07. The van der Waals surface area contributed by atoms with Gasteiger partial charge in [-0.25, -0.2) is 9.78 Å². The van der Waals surface area contributed by atoms with Gasteiger partial charge in [-0.3, -0.25) is 9.89 Å². The van der Waals surface area contributed by atoms with Crippen LogP contribution in [-0.2, 0) is 11.2 Å². The molecule has 1 aromatic rings. The van der Waals surface area contributed by atoms with Crippen LogP contribution < -0.4 is 10.6 Å². The number of carbonyl (C=O) groups excluding carboxylic acids is 1. The highest BCUT2D eigenvalue weighted by atomic mass is 16.4. The minimum Gasteiger partial charge on any atom is -0.481 e. The van der Waals surface area contributed by atoms with E-state index in [1.165, 1.54) is 6.33 Å². The number of aromatic amines is 1. The van der Waals surface area contributed by atoms with Gasteiger partial charge in [0.25, 0.3) is 0 Å². The number of carboxylic acids is 1. The van der Waals surface area contributed by atoms with Crippen molar-refractivity contribution in [3.8, 4) is 0 Å². The van der Waals surface area contributed by atoms with Crippen molar-refractivity contribution in [1.82, 2.24) is 25.8 Å². The lowest BCUT2D eigenvalue weighted by atomic mass is 9.96. The molecule has 0 aromatic carbocycles. The van der Waals surface area contributed by atoms with Crippen LogP contribution in [0.3, 0.4) is 0 Å². The van der Waals surface area contributed by atoms with Crippen molar-refractivity contribution in [2.24, 2.45) is 11.8 Å². The van der Waals surface area contributed by atoms with Gasteiger partial charge in [0.2, 0.25) is 0 Å². The molecule has 20 heavy (non-hydrogen) atoms. The standard InChI is InChI=1S/C12H19N5O3/c18-11(19)9-3-1-2-8(9)6-14-12(20)13-5-4-10-15-7-16-17-10/h7-9H,1-6H2,(H,18,19)(H2,13,14,20)(H,15,16,17). The second kappa shape index (κ2) is 6.88. The van der Waals surface area contributed by atoms with Crippen LogP contribution in [-0.4, -0.2) is 45.4 Å². The summed E-state index contributed by atoms with van der Waals surface area (Å²) in [6.07, 6.45) is 4.47. The normalized spacial score (nSPS) is 21.6. The van der Waals surface area contributed by atoms with E-state index in [0.29, 0.717) is 31.8 Å². The zero-order valence-electron chi connectivity index (χ0n) is 11.1. The zero-order chi connectivity index (χ0) is 14.4. The number of hydrogen-bond acceptors (Lipinski definition) is 4. The minimum atomic E-state index is -0.764. The summed E-state index contributed by atoms with van der Waals surface area (Å²) in [6, 6.07) is -0.277. The Bertz CT molecular complexity index is 448. The van der Waals surface area contributed by atoms with E-state index in [0.717, 1.165) is 12.8 Å². The summed E-state index contributed by atoms with van der Waals surface area (Å²) in [5.74, 6) is -0.343. The van der Waals surface area contributed by atoms with E-state index in [1.54, 1.807) is 0 Å². The van der Waals surface area contributed by atoms with Crippen LogP contribution in [0.2, 0.25) is 0 Å². The number of aromatic nitrogens is 3. The number of carbonyl (C=O) groups is 2. The predicted molar refractivity (Wildman–Crippen MR) is 70.0 cm³/mol. The van der Waals surface area contributed by atoms with Crippen LogP contribution in [0.1, 0.15) is 25.1 Å². The van der Waals surface area contributed by atoms with E-state index in [9.17, 15) is 9.59 Å². The first-order valence-electron chi connectivity index (χ1n) is 6.75. The molecule has 8 heteroatoms. The maximum absolute atomic E-state index is 11.6. The lowest BCUT2D eigenvalue weighted by Crippen LogP contribution is -2.40. The smallest absolute Gasteiger partial charge is 0.314 e. The lowest BCUT2D eigenvalue weighted by molar-refractivity contribution is -0.142. The highest BCUT2D eigenvalue weighted by molar-refractivity contribution is 5.74. The number of nitrogens with zero attached hydrogens (tertiary/aromatic N) is 2. The molecule has 1 aliphatic rings. The molecule has 1 heterocycles. The predicted octanol–water partition coefficient (Wildman–Crippen LogP) is 0.147. The second-order valence-electron chi connectivity index (χ2n) is 4.95. The van der Waals surface area contributed by atoms with Crippen molar-refractivity contribution in [2.45, 2.75) is 25.7 Å². The van der Waals surface area contributed by atoms with Crippen LogP contribution in [0.5, 0.6) is 0 Å². The van der Waals surface area contributed by atoms with Crippen molar-refractivity contribution in [3.05, 3.63) is 12.2 Å². The molecule has 0 radical (unpaired) electrons. The van der Waals surface area contributed by atoms with Gasteiger partial charge in [0.05, 0.1) is 5.92 Å². The number of nitrogens with one attached hydrogen (secondary N) is 3. The Kier molecular flexibility index (Phi) is 4.91. The number of aliphatic carboxylic acids is 1. The van der Waals surface area contributed by atoms with Crippen molar-refractivity contribution in [1.29, 1.82) is 0 Å². The summed E-state index contributed by atoms with van der Waals surface area (Å²) < 4.78 is 0. The molecule has 110 valence electrons. The van der Waals surface area contributed by atoms with Gasteiger partial charge in [-0.15, -0.1) is 0 Å². The SMILES string of the molecule is O=C(NCCc1ncn[nH]1)NCC1CCCC1C(=O)O. The zero-order valence-corrected chi connectivity index (χ0v) is 11.1. The molecule has 2 amide bonds. The van der Waals surface area contributed by atoms with Gasteiger partial charge in [0.1, 0.15) is 12.2 Å². The fourth-order valence-corrected chi connectivity index (χ4v) is 2.54. The summed E-state index contributed by atoms with van der Waals surface area (Å²) >= 11 is 0. The first-order valence-corrected chi connectivity index (χ1v) is 6.75. The Morgan fingerprint density at radius 3 is 2.95 bits per heavy atom. The number of hydrogen-bond donors (Lipinski definition) is 4. The number of amides is 2. The summed E-state index contributed by atoms with van der Waals surface area (Å²) in [6.45, 7) is 0.860. The van der Waals surface area contributed by atoms with Gasteiger partial charge in [-0.05, 0) is 18.8 Å². The molecule has 2 atom stereocenters. The van der Waals surface area contributed by atoms with E-state index in [2.05, 4.69) is 25.8 Å². The maximum Gasteiger partial charge on any atom is 0.314 e. The molecular formula is C12H19N5O3. The molecule has 0 spiro atoms. The van der Waals surface area contributed by atoms with E-state index in [4.69, 9.17) is 5.11 Å². The second-order valence-corrected chi connectivity index (χ2v) is 4.95. The first kappa shape index (κ1) is 14.3. The van der Waals surface area contributed by atoms with Gasteiger partial charge in [-0.2, -0.15) is 5.10 Å². The topological polar surface area (TPSA) is 120 Å². The fourth-order valence-electron chi connectivity index (χ4n) is 2.54. The molecule has 1 aliphatic carbocycles. The van der Waals surface area contributed by atoms with Crippen LogP contribution in [0, 0.1) is 11.8 Å². The van der Waals surface area contributed by atoms with E-state index >= 15 is 0 Å². The molecule has 0 aliphatic heterocycles.